The largest absolute Gasteiger partial charge is 0.303 e. The number of hydrogen-bond donors (Lipinski definition) is 0. The van der Waals surface area contributed by atoms with Crippen molar-refractivity contribution in [2.75, 3.05) is 6.61 Å². The molecule has 46 valence electrons. The minimum atomic E-state index is 0.497. The first-order chi connectivity index (χ1) is 3.91. The van der Waals surface area contributed by atoms with E-state index in [1.165, 1.54) is 0 Å². The lowest BCUT2D eigenvalue weighted by Gasteiger charge is -1.83. The van der Waals surface area contributed by atoms with Crippen LogP contribution in [0.5, 0.6) is 0 Å². The normalized spacial score (nSPS) is 8.62. The molecule has 2 heteroatoms. The molecular weight excluding hydrogens is 104 g/mol. The zero-order valence-corrected chi connectivity index (χ0v) is 5.09. The van der Waals surface area contributed by atoms with E-state index in [0.717, 1.165) is 12.7 Å². The van der Waals surface area contributed by atoms with E-state index >= 15 is 0 Å². The molecule has 0 saturated heterocycles. The Morgan fingerprint density at radius 2 is 2.50 bits per heavy atom. The number of aldehydes is 1. The van der Waals surface area contributed by atoms with Gasteiger partial charge in [-0.15, -0.1) is 0 Å². The van der Waals surface area contributed by atoms with Gasteiger partial charge in [-0.25, -0.2) is 0 Å². The predicted octanol–water partition coefficient (Wildman–Crippen LogP) is 1.16. The molecule has 0 spiro atoms. The molecule has 0 aliphatic rings. The topological polar surface area (TPSA) is 26.3 Å². The third kappa shape index (κ3) is 5.50. The van der Waals surface area contributed by atoms with Crippen LogP contribution in [-0.2, 0) is 9.53 Å². The molecule has 0 aliphatic carbocycles. The summed E-state index contributed by atoms with van der Waals surface area (Å²) in [5.74, 6) is 0. The predicted molar refractivity (Wildman–Crippen MR) is 31.2 cm³/mol. The van der Waals surface area contributed by atoms with Crippen LogP contribution in [0.2, 0.25) is 0 Å². The molecule has 0 atom stereocenters. The molecule has 0 N–H and O–H groups in total. The summed E-state index contributed by atoms with van der Waals surface area (Å²) in [6.07, 6.45) is 2.25. The zero-order valence-electron chi connectivity index (χ0n) is 5.09. The standard InChI is InChI=1S/C6H11O2/c1-2-5-8-6-3-4-7/h4-5H,2-3,6H2,1H3/q+1. The molecule has 0 bridgehead atoms. The van der Waals surface area contributed by atoms with Crippen LogP contribution in [0.1, 0.15) is 19.8 Å². The number of rotatable bonds is 5. The Hall–Kier alpha value is -0.500. The molecule has 0 rings (SSSR count). The zero-order chi connectivity index (χ0) is 6.24. The first kappa shape index (κ1) is 7.50. The first-order valence-electron chi connectivity index (χ1n) is 2.78. The van der Waals surface area contributed by atoms with Crippen molar-refractivity contribution in [1.29, 1.82) is 0 Å². The highest BCUT2D eigenvalue weighted by molar-refractivity contribution is 5.49. The van der Waals surface area contributed by atoms with E-state index in [9.17, 15) is 4.79 Å². The van der Waals surface area contributed by atoms with Crippen molar-refractivity contribution in [3.05, 3.63) is 6.61 Å². The van der Waals surface area contributed by atoms with E-state index in [1.807, 2.05) is 6.92 Å². The molecular formula is C6H11O2+. The van der Waals surface area contributed by atoms with Crippen LogP contribution in [0.15, 0.2) is 0 Å². The maximum Gasteiger partial charge on any atom is 0.226 e. The molecule has 0 aromatic carbocycles. The second-order valence-electron chi connectivity index (χ2n) is 1.40. The van der Waals surface area contributed by atoms with Crippen LogP contribution < -0.4 is 0 Å². The molecule has 0 radical (unpaired) electrons. The van der Waals surface area contributed by atoms with Crippen LogP contribution >= 0.6 is 0 Å². The van der Waals surface area contributed by atoms with E-state index in [2.05, 4.69) is 0 Å². The summed E-state index contributed by atoms with van der Waals surface area (Å²) >= 11 is 0. The molecule has 0 saturated carbocycles. The van der Waals surface area contributed by atoms with Gasteiger partial charge in [0.1, 0.15) is 19.3 Å². The van der Waals surface area contributed by atoms with Crippen LogP contribution in [0.25, 0.3) is 0 Å². The first-order valence-corrected chi connectivity index (χ1v) is 2.78. The fourth-order valence-corrected chi connectivity index (χ4v) is 0.317. The Bertz CT molecular complexity index is 52.5. The van der Waals surface area contributed by atoms with Crippen LogP contribution in [0.3, 0.4) is 0 Å². The Kier molecular flexibility index (Phi) is 6.09. The molecule has 0 aromatic heterocycles. The third-order valence-corrected chi connectivity index (χ3v) is 0.638. The summed E-state index contributed by atoms with van der Waals surface area (Å²) < 4.78 is 4.87. The van der Waals surface area contributed by atoms with Gasteiger partial charge in [-0.1, -0.05) is 0 Å². The van der Waals surface area contributed by atoms with Crippen molar-refractivity contribution < 1.29 is 9.53 Å². The number of carbonyl (C=O) groups excluding carboxylic acids is 1. The molecule has 0 unspecified atom stereocenters. The summed E-state index contributed by atoms with van der Waals surface area (Å²) in [6, 6.07) is 0. The van der Waals surface area contributed by atoms with Crippen LogP contribution in [0.4, 0.5) is 0 Å². The fourth-order valence-electron chi connectivity index (χ4n) is 0.317. The highest BCUT2D eigenvalue weighted by Crippen LogP contribution is 1.87. The van der Waals surface area contributed by atoms with Crippen molar-refractivity contribution in [1.82, 2.24) is 0 Å². The van der Waals surface area contributed by atoms with Gasteiger partial charge in [-0.3, -0.25) is 0 Å². The van der Waals surface area contributed by atoms with Crippen molar-refractivity contribution in [2.45, 2.75) is 19.8 Å². The van der Waals surface area contributed by atoms with E-state index in [0.29, 0.717) is 13.0 Å². The van der Waals surface area contributed by atoms with Gasteiger partial charge >= 0.3 is 0 Å². The third-order valence-electron chi connectivity index (χ3n) is 0.638. The van der Waals surface area contributed by atoms with Gasteiger partial charge in [0.05, 0.1) is 0 Å². The molecule has 0 fully saturated rings. The Morgan fingerprint density at radius 3 is 3.00 bits per heavy atom. The second-order valence-corrected chi connectivity index (χ2v) is 1.40. The Morgan fingerprint density at radius 1 is 1.75 bits per heavy atom. The van der Waals surface area contributed by atoms with Crippen LogP contribution in [0, 0.1) is 6.61 Å². The molecule has 2 nitrogen and oxygen atoms in total. The summed E-state index contributed by atoms with van der Waals surface area (Å²) in [6.45, 7) is 4.21. The Balaban J connectivity index is 2.62. The average Bonchev–Trinajstić information content (AvgIpc) is 1.81. The van der Waals surface area contributed by atoms with Gasteiger partial charge in [-0.05, 0) is 6.92 Å². The highest BCUT2D eigenvalue weighted by Gasteiger charge is 1.92. The minimum Gasteiger partial charge on any atom is -0.303 e. The molecule has 0 heterocycles. The van der Waals surface area contributed by atoms with Crippen molar-refractivity contribution in [3.63, 3.8) is 0 Å². The number of ether oxygens (including phenoxy) is 1. The molecule has 0 amide bonds. The monoisotopic (exact) mass is 115 g/mol. The number of hydrogen-bond acceptors (Lipinski definition) is 2. The summed E-state index contributed by atoms with van der Waals surface area (Å²) in [7, 11) is 0. The van der Waals surface area contributed by atoms with Gasteiger partial charge in [0.25, 0.3) is 0 Å². The van der Waals surface area contributed by atoms with E-state index in [1.54, 1.807) is 6.61 Å². The van der Waals surface area contributed by atoms with E-state index in [-0.39, 0.29) is 0 Å². The molecule has 0 aliphatic heterocycles. The summed E-state index contributed by atoms with van der Waals surface area (Å²) in [4.78, 5) is 9.67. The van der Waals surface area contributed by atoms with Crippen molar-refractivity contribution in [3.8, 4) is 0 Å². The minimum absolute atomic E-state index is 0.497. The van der Waals surface area contributed by atoms with E-state index in [4.69, 9.17) is 4.74 Å². The lowest BCUT2D eigenvalue weighted by Crippen LogP contribution is -1.90. The SMILES string of the molecule is CC[CH+]OCCC=O. The maximum absolute atomic E-state index is 9.67. The van der Waals surface area contributed by atoms with Crippen molar-refractivity contribution >= 4 is 6.29 Å². The lowest BCUT2D eigenvalue weighted by atomic mass is 10.5. The molecule has 8 heavy (non-hydrogen) atoms. The smallest absolute Gasteiger partial charge is 0.226 e. The van der Waals surface area contributed by atoms with Gasteiger partial charge in [-0.2, -0.15) is 4.74 Å². The number of carbonyl (C=O) groups is 1. The highest BCUT2D eigenvalue weighted by atomic mass is 16.5. The van der Waals surface area contributed by atoms with Crippen LogP contribution in [-0.4, -0.2) is 12.9 Å². The Labute approximate surface area is 49.8 Å². The van der Waals surface area contributed by atoms with Gasteiger partial charge in [0.2, 0.25) is 6.61 Å². The van der Waals surface area contributed by atoms with Gasteiger partial charge in [0.15, 0.2) is 0 Å². The van der Waals surface area contributed by atoms with E-state index < -0.39 is 0 Å². The molecule has 0 aromatic rings. The van der Waals surface area contributed by atoms with Gasteiger partial charge < -0.3 is 4.79 Å². The fraction of sp³-hybridized carbons (Fsp3) is 0.667. The van der Waals surface area contributed by atoms with Gasteiger partial charge in [0, 0.05) is 6.42 Å². The quantitative estimate of drug-likeness (QED) is 0.305. The second kappa shape index (κ2) is 6.50. The van der Waals surface area contributed by atoms with Crippen molar-refractivity contribution in [2.24, 2.45) is 0 Å². The average molecular weight is 115 g/mol. The maximum atomic E-state index is 9.67. The summed E-state index contributed by atoms with van der Waals surface area (Å²) in [5, 5.41) is 0. The summed E-state index contributed by atoms with van der Waals surface area (Å²) in [5.41, 5.74) is 0. The lowest BCUT2D eigenvalue weighted by molar-refractivity contribution is -0.108.